The van der Waals surface area contributed by atoms with Crippen molar-refractivity contribution in [3.8, 4) is 11.1 Å². The van der Waals surface area contributed by atoms with Crippen molar-refractivity contribution in [2.24, 2.45) is 0 Å². The van der Waals surface area contributed by atoms with Crippen LogP contribution in [-0.4, -0.2) is 37.1 Å². The topological polar surface area (TPSA) is 87.0 Å². The van der Waals surface area contributed by atoms with Gasteiger partial charge in [-0.25, -0.2) is 9.97 Å². The summed E-state index contributed by atoms with van der Waals surface area (Å²) >= 11 is 0. The highest BCUT2D eigenvalue weighted by atomic mass is 16.6. The molecule has 0 aliphatic heterocycles. The minimum absolute atomic E-state index is 0.0560. The Morgan fingerprint density at radius 1 is 1.14 bits per heavy atom. The molecule has 0 spiro atoms. The van der Waals surface area contributed by atoms with E-state index in [2.05, 4.69) is 15.1 Å². The van der Waals surface area contributed by atoms with Crippen molar-refractivity contribution in [3.63, 3.8) is 0 Å². The Morgan fingerprint density at radius 3 is 2.41 bits per heavy atom. The van der Waals surface area contributed by atoms with Crippen molar-refractivity contribution >= 4 is 22.7 Å². The Labute approximate surface area is 169 Å². The number of nitrogens with zero attached hydrogens (tertiary/aromatic N) is 4. The standard InChI is InChI=1S/C22H24N4O3/c1-13(27)20-17-9-15(16-10-23-21(24-11-16)14-5-6-14)7-8-18(17)26(25-20)12-19(28)29-22(2,3)4/h7-11,14H,5-6,12H2,1-4H3. The van der Waals surface area contributed by atoms with Gasteiger partial charge in [0.25, 0.3) is 0 Å². The summed E-state index contributed by atoms with van der Waals surface area (Å²) in [4.78, 5) is 33.3. The van der Waals surface area contributed by atoms with Gasteiger partial charge in [0.15, 0.2) is 5.78 Å². The fraction of sp³-hybridized carbons (Fsp3) is 0.409. The molecule has 0 unspecified atom stereocenters. The first-order valence-electron chi connectivity index (χ1n) is 9.77. The molecule has 1 aliphatic rings. The quantitative estimate of drug-likeness (QED) is 0.483. The number of carbonyl (C=O) groups excluding carboxylic acids is 2. The Morgan fingerprint density at radius 2 is 1.83 bits per heavy atom. The highest BCUT2D eigenvalue weighted by molar-refractivity contribution is 6.06. The van der Waals surface area contributed by atoms with Gasteiger partial charge in [-0.05, 0) is 51.3 Å². The van der Waals surface area contributed by atoms with Gasteiger partial charge in [0, 0.05) is 36.2 Å². The van der Waals surface area contributed by atoms with Gasteiger partial charge in [-0.1, -0.05) is 6.07 Å². The number of ketones is 1. The van der Waals surface area contributed by atoms with E-state index in [9.17, 15) is 9.59 Å². The zero-order valence-electron chi connectivity index (χ0n) is 17.1. The third kappa shape index (κ3) is 4.18. The Balaban J connectivity index is 1.69. The Kier molecular flexibility index (Phi) is 4.68. The second-order valence-corrected chi connectivity index (χ2v) is 8.49. The Hall–Kier alpha value is -3.09. The van der Waals surface area contributed by atoms with Crippen LogP contribution < -0.4 is 0 Å². The average molecular weight is 392 g/mol. The summed E-state index contributed by atoms with van der Waals surface area (Å²) < 4.78 is 6.91. The molecule has 7 nitrogen and oxygen atoms in total. The number of carbonyl (C=O) groups is 2. The van der Waals surface area contributed by atoms with Gasteiger partial charge in [-0.15, -0.1) is 0 Å². The van der Waals surface area contributed by atoms with Crippen LogP contribution >= 0.6 is 0 Å². The molecule has 29 heavy (non-hydrogen) atoms. The zero-order chi connectivity index (χ0) is 20.8. The summed E-state index contributed by atoms with van der Waals surface area (Å²) in [5, 5.41) is 5.07. The number of aromatic nitrogens is 4. The zero-order valence-corrected chi connectivity index (χ0v) is 17.1. The summed E-state index contributed by atoms with van der Waals surface area (Å²) in [5.41, 5.74) is 2.24. The van der Waals surface area contributed by atoms with Crippen molar-refractivity contribution in [2.45, 2.75) is 58.6 Å². The number of benzene rings is 1. The van der Waals surface area contributed by atoms with E-state index in [1.807, 2.05) is 51.4 Å². The molecule has 0 saturated heterocycles. The first-order chi connectivity index (χ1) is 13.7. The summed E-state index contributed by atoms with van der Waals surface area (Å²) in [5.74, 6) is 0.840. The summed E-state index contributed by atoms with van der Waals surface area (Å²) in [6, 6.07) is 5.69. The molecule has 7 heteroatoms. The third-order valence-electron chi connectivity index (χ3n) is 4.73. The van der Waals surface area contributed by atoms with Crippen molar-refractivity contribution < 1.29 is 14.3 Å². The highest BCUT2D eigenvalue weighted by Gasteiger charge is 2.26. The second kappa shape index (κ2) is 7.06. The molecule has 0 bridgehead atoms. The van der Waals surface area contributed by atoms with Gasteiger partial charge in [0.05, 0.1) is 5.52 Å². The van der Waals surface area contributed by atoms with Crippen LogP contribution in [0.15, 0.2) is 30.6 Å². The maximum Gasteiger partial charge on any atom is 0.328 e. The lowest BCUT2D eigenvalue weighted by atomic mass is 10.0. The van der Waals surface area contributed by atoms with E-state index in [0.717, 1.165) is 29.8 Å². The monoisotopic (exact) mass is 392 g/mol. The van der Waals surface area contributed by atoms with Gasteiger partial charge >= 0.3 is 5.97 Å². The van der Waals surface area contributed by atoms with E-state index >= 15 is 0 Å². The maximum absolute atomic E-state index is 12.2. The number of hydrogen-bond acceptors (Lipinski definition) is 6. The van der Waals surface area contributed by atoms with E-state index < -0.39 is 11.6 Å². The van der Waals surface area contributed by atoms with Crippen LogP contribution in [0, 0.1) is 0 Å². The van der Waals surface area contributed by atoms with Gasteiger partial charge < -0.3 is 4.74 Å². The lowest BCUT2D eigenvalue weighted by molar-refractivity contribution is -0.155. The minimum Gasteiger partial charge on any atom is -0.459 e. The molecular formula is C22H24N4O3. The molecule has 0 atom stereocenters. The predicted octanol–water partition coefficient (Wildman–Crippen LogP) is 3.92. The molecule has 1 fully saturated rings. The van der Waals surface area contributed by atoms with Gasteiger partial charge in [-0.3, -0.25) is 14.3 Å². The third-order valence-corrected chi connectivity index (χ3v) is 4.73. The number of rotatable bonds is 5. The molecule has 1 aromatic carbocycles. The summed E-state index contributed by atoms with van der Waals surface area (Å²) in [7, 11) is 0. The molecule has 0 N–H and O–H groups in total. The van der Waals surface area contributed by atoms with Crippen LogP contribution in [0.1, 0.15) is 62.8 Å². The number of esters is 1. The molecule has 1 saturated carbocycles. The number of fused-ring (bicyclic) bond motifs is 1. The van der Waals surface area contributed by atoms with Crippen LogP contribution in [0.25, 0.3) is 22.0 Å². The SMILES string of the molecule is CC(=O)c1nn(CC(=O)OC(C)(C)C)c2ccc(-c3cnc(C4CC4)nc3)cc12. The first-order valence-corrected chi connectivity index (χ1v) is 9.77. The molecule has 150 valence electrons. The fourth-order valence-corrected chi connectivity index (χ4v) is 3.27. The molecule has 4 rings (SSSR count). The summed E-state index contributed by atoms with van der Waals surface area (Å²) in [6.45, 7) is 6.86. The molecule has 0 amide bonds. The first kappa shape index (κ1) is 19.2. The lowest BCUT2D eigenvalue weighted by Gasteiger charge is -2.19. The molecule has 0 radical (unpaired) electrons. The normalized spacial score (nSPS) is 14.2. The molecular weight excluding hydrogens is 368 g/mol. The van der Waals surface area contributed by atoms with E-state index in [1.165, 1.54) is 11.6 Å². The van der Waals surface area contributed by atoms with E-state index in [1.54, 1.807) is 0 Å². The second-order valence-electron chi connectivity index (χ2n) is 8.49. The van der Waals surface area contributed by atoms with Crippen LogP contribution in [0.2, 0.25) is 0 Å². The van der Waals surface area contributed by atoms with Crippen LogP contribution in [-0.2, 0) is 16.1 Å². The van der Waals surface area contributed by atoms with Crippen molar-refractivity contribution in [3.05, 3.63) is 42.1 Å². The molecule has 3 aromatic rings. The highest BCUT2D eigenvalue weighted by Crippen LogP contribution is 2.38. The van der Waals surface area contributed by atoms with Crippen molar-refractivity contribution in [1.82, 2.24) is 19.7 Å². The minimum atomic E-state index is -0.580. The van der Waals surface area contributed by atoms with E-state index in [0.29, 0.717) is 22.5 Å². The molecule has 2 heterocycles. The average Bonchev–Trinajstić information content (AvgIpc) is 3.43. The van der Waals surface area contributed by atoms with E-state index in [4.69, 9.17) is 4.74 Å². The number of hydrogen-bond donors (Lipinski definition) is 0. The van der Waals surface area contributed by atoms with Crippen molar-refractivity contribution in [1.29, 1.82) is 0 Å². The van der Waals surface area contributed by atoms with Crippen LogP contribution in [0.4, 0.5) is 0 Å². The predicted molar refractivity (Wildman–Crippen MR) is 109 cm³/mol. The number of ether oxygens (including phenoxy) is 1. The van der Waals surface area contributed by atoms with Crippen LogP contribution in [0.3, 0.4) is 0 Å². The lowest BCUT2D eigenvalue weighted by Crippen LogP contribution is -2.26. The van der Waals surface area contributed by atoms with Gasteiger partial charge in [0.2, 0.25) is 0 Å². The molecule has 1 aliphatic carbocycles. The Bertz CT molecular complexity index is 1090. The van der Waals surface area contributed by atoms with Crippen molar-refractivity contribution in [2.75, 3.05) is 0 Å². The molecule has 2 aromatic heterocycles. The summed E-state index contributed by atoms with van der Waals surface area (Å²) in [6.07, 6.45) is 5.95. The van der Waals surface area contributed by atoms with E-state index in [-0.39, 0.29) is 12.3 Å². The fourth-order valence-electron chi connectivity index (χ4n) is 3.27. The van der Waals surface area contributed by atoms with Gasteiger partial charge in [-0.2, -0.15) is 5.10 Å². The largest absolute Gasteiger partial charge is 0.459 e. The van der Waals surface area contributed by atoms with Crippen LogP contribution in [0.5, 0.6) is 0 Å². The number of Topliss-reactive ketones (excluding diaryl/α,β-unsaturated/α-hetero) is 1. The maximum atomic E-state index is 12.2. The smallest absolute Gasteiger partial charge is 0.328 e. The van der Waals surface area contributed by atoms with Gasteiger partial charge in [0.1, 0.15) is 23.7 Å².